The summed E-state index contributed by atoms with van der Waals surface area (Å²) in [5.41, 5.74) is 9.11. The Morgan fingerprint density at radius 1 is 1.26 bits per heavy atom. The third-order valence-electron chi connectivity index (χ3n) is 4.52. The van der Waals surface area contributed by atoms with Crippen LogP contribution in [0.5, 0.6) is 5.75 Å². The van der Waals surface area contributed by atoms with Gasteiger partial charge >= 0.3 is 0 Å². The molecule has 14 nitrogen and oxygen atoms in total. The lowest BCUT2D eigenvalue weighted by atomic mass is 10.1. The zero-order valence-corrected chi connectivity index (χ0v) is 17.7. The van der Waals surface area contributed by atoms with Crippen molar-refractivity contribution in [3.8, 4) is 22.8 Å². The minimum atomic E-state index is -0.703. The molecule has 2 aromatic carbocycles. The van der Waals surface area contributed by atoms with Crippen molar-refractivity contribution < 1.29 is 19.1 Å². The molecule has 0 aliphatic rings. The molecule has 0 fully saturated rings. The highest BCUT2D eigenvalue weighted by molar-refractivity contribution is 5.99. The number of amides is 1. The lowest BCUT2D eigenvalue weighted by Crippen LogP contribution is -2.22. The minimum Gasteiger partial charge on any atom is -0.493 e. The molecule has 0 aliphatic carbocycles. The van der Waals surface area contributed by atoms with Crippen molar-refractivity contribution in [1.82, 2.24) is 30.7 Å². The van der Waals surface area contributed by atoms with Crippen LogP contribution in [0.4, 0.5) is 11.5 Å². The molecule has 34 heavy (non-hydrogen) atoms. The van der Waals surface area contributed by atoms with E-state index in [0.29, 0.717) is 23.5 Å². The van der Waals surface area contributed by atoms with Crippen LogP contribution in [-0.2, 0) is 0 Å². The second-order valence-electron chi connectivity index (χ2n) is 6.65. The van der Waals surface area contributed by atoms with E-state index in [2.05, 4.69) is 35.8 Å². The Balaban J connectivity index is 1.69. The van der Waals surface area contributed by atoms with E-state index in [0.717, 1.165) is 4.68 Å². The van der Waals surface area contributed by atoms with E-state index in [1.165, 1.54) is 30.5 Å². The highest BCUT2D eigenvalue weighted by Crippen LogP contribution is 2.26. The van der Waals surface area contributed by atoms with Crippen LogP contribution in [-0.4, -0.2) is 49.0 Å². The highest BCUT2D eigenvalue weighted by Gasteiger charge is 2.26. The van der Waals surface area contributed by atoms with Crippen molar-refractivity contribution in [2.75, 3.05) is 12.3 Å². The van der Waals surface area contributed by atoms with Crippen LogP contribution >= 0.6 is 0 Å². The summed E-state index contributed by atoms with van der Waals surface area (Å²) in [6.45, 7) is 2.32. The number of nitrogens with one attached hydrogen (secondary N) is 1. The van der Waals surface area contributed by atoms with Gasteiger partial charge in [-0.25, -0.2) is 10.1 Å². The zero-order chi connectivity index (χ0) is 24.1. The van der Waals surface area contributed by atoms with Gasteiger partial charge in [0.15, 0.2) is 5.69 Å². The summed E-state index contributed by atoms with van der Waals surface area (Å²) in [5.74, 6) is -0.284. The van der Waals surface area contributed by atoms with Gasteiger partial charge in [-0.1, -0.05) is 17.3 Å². The molecule has 4 rings (SSSR count). The smallest absolute Gasteiger partial charge is 0.292 e. The van der Waals surface area contributed by atoms with Crippen LogP contribution in [0.25, 0.3) is 17.1 Å². The molecule has 0 spiro atoms. The maximum Gasteiger partial charge on any atom is 0.292 e. The molecule has 1 amide bonds. The Morgan fingerprint density at radius 3 is 2.71 bits per heavy atom. The molecule has 14 heteroatoms. The summed E-state index contributed by atoms with van der Waals surface area (Å²) in [5, 5.41) is 30.1. The van der Waals surface area contributed by atoms with Crippen LogP contribution in [0.3, 0.4) is 0 Å². The summed E-state index contributed by atoms with van der Waals surface area (Å²) in [6.07, 6.45) is 1.43. The van der Waals surface area contributed by atoms with E-state index in [1.807, 2.05) is 13.0 Å². The lowest BCUT2D eigenvalue weighted by molar-refractivity contribution is -0.384. The molecule has 0 radical (unpaired) electrons. The van der Waals surface area contributed by atoms with Gasteiger partial charge in [0.2, 0.25) is 11.6 Å². The number of hydrogen-bond acceptors (Lipinski definition) is 11. The SMILES string of the molecule is CCOc1ccccc1/C=N\NC(=O)c1c(-c2ccc([N+](=O)[O-])cc2)nnn1-c1nonc1N. The number of ether oxygens (including phenoxy) is 1. The van der Waals surface area contributed by atoms with E-state index in [-0.39, 0.29) is 28.7 Å². The number of nitro groups is 1. The fraction of sp³-hybridized carbons (Fsp3) is 0.100. The number of carbonyl (C=O) groups excluding carboxylic acids is 1. The third-order valence-corrected chi connectivity index (χ3v) is 4.52. The number of nitrogens with two attached hydrogens (primary N) is 1. The number of non-ortho nitro benzene ring substituents is 1. The van der Waals surface area contributed by atoms with Gasteiger partial charge in [0.05, 0.1) is 17.7 Å². The molecule has 0 atom stereocenters. The van der Waals surface area contributed by atoms with E-state index in [9.17, 15) is 14.9 Å². The molecular weight excluding hydrogens is 446 g/mol. The fourth-order valence-electron chi connectivity index (χ4n) is 2.99. The predicted molar refractivity (Wildman–Crippen MR) is 118 cm³/mol. The number of hydrazone groups is 1. The first-order valence-corrected chi connectivity index (χ1v) is 9.83. The molecule has 2 aromatic heterocycles. The summed E-state index contributed by atoms with van der Waals surface area (Å²) in [6, 6.07) is 12.6. The minimum absolute atomic E-state index is 0.0588. The van der Waals surface area contributed by atoms with Crippen molar-refractivity contribution >= 4 is 23.6 Å². The molecule has 172 valence electrons. The number of hydrogen-bond donors (Lipinski definition) is 2. The number of nitrogens with zero attached hydrogens (tertiary/aromatic N) is 7. The van der Waals surface area contributed by atoms with E-state index >= 15 is 0 Å². The third kappa shape index (κ3) is 4.40. The van der Waals surface area contributed by atoms with E-state index < -0.39 is 10.8 Å². The highest BCUT2D eigenvalue weighted by atomic mass is 16.6. The van der Waals surface area contributed by atoms with Gasteiger partial charge < -0.3 is 10.5 Å². The Kier molecular flexibility index (Phi) is 6.20. The number of rotatable bonds is 8. The van der Waals surface area contributed by atoms with Crippen molar-refractivity contribution in [1.29, 1.82) is 0 Å². The second kappa shape index (κ2) is 9.56. The zero-order valence-electron chi connectivity index (χ0n) is 17.7. The van der Waals surface area contributed by atoms with Gasteiger partial charge in [-0.05, 0) is 41.5 Å². The average Bonchev–Trinajstić information content (AvgIpc) is 3.46. The molecule has 3 N–H and O–H groups in total. The first kappa shape index (κ1) is 22.1. The summed E-state index contributed by atoms with van der Waals surface area (Å²) < 4.78 is 11.2. The second-order valence-corrected chi connectivity index (χ2v) is 6.65. The van der Waals surface area contributed by atoms with Crippen molar-refractivity contribution in [3.63, 3.8) is 0 Å². The van der Waals surface area contributed by atoms with Gasteiger partial charge in [-0.2, -0.15) is 9.78 Å². The Bertz CT molecular complexity index is 1360. The first-order valence-electron chi connectivity index (χ1n) is 9.83. The number of carbonyl (C=O) groups is 1. The molecule has 0 saturated carbocycles. The largest absolute Gasteiger partial charge is 0.493 e. The van der Waals surface area contributed by atoms with Gasteiger partial charge in [-0.15, -0.1) is 5.10 Å². The Labute approximate surface area is 191 Å². The topological polar surface area (TPSA) is 189 Å². The van der Waals surface area contributed by atoms with Crippen molar-refractivity contribution in [3.05, 3.63) is 69.9 Å². The van der Waals surface area contributed by atoms with Gasteiger partial charge in [-0.3, -0.25) is 14.9 Å². The quantitative estimate of drug-likeness (QED) is 0.222. The predicted octanol–water partition coefficient (Wildman–Crippen LogP) is 1.97. The average molecular weight is 463 g/mol. The van der Waals surface area contributed by atoms with E-state index in [4.69, 9.17) is 10.5 Å². The molecule has 0 saturated heterocycles. The monoisotopic (exact) mass is 463 g/mol. The fourth-order valence-corrected chi connectivity index (χ4v) is 2.99. The van der Waals surface area contributed by atoms with Crippen molar-refractivity contribution in [2.24, 2.45) is 5.10 Å². The van der Waals surface area contributed by atoms with Crippen LogP contribution < -0.4 is 15.9 Å². The number of nitrogen functional groups attached to an aromatic ring is 1. The molecule has 0 aliphatic heterocycles. The van der Waals surface area contributed by atoms with Gasteiger partial charge in [0.25, 0.3) is 11.6 Å². The van der Waals surface area contributed by atoms with Crippen LogP contribution in [0.15, 0.2) is 58.3 Å². The molecule has 4 aromatic rings. The maximum atomic E-state index is 13.1. The normalized spacial score (nSPS) is 11.0. The molecular formula is C20H17N9O5. The maximum absolute atomic E-state index is 13.1. The first-order chi connectivity index (χ1) is 16.5. The summed E-state index contributed by atoms with van der Waals surface area (Å²) in [7, 11) is 0. The molecule has 0 unspecified atom stereocenters. The number of anilines is 1. The molecule has 2 heterocycles. The van der Waals surface area contributed by atoms with Gasteiger partial charge in [0.1, 0.15) is 11.4 Å². The molecule has 0 bridgehead atoms. The van der Waals surface area contributed by atoms with Crippen LogP contribution in [0.1, 0.15) is 23.0 Å². The Hall–Kier alpha value is -5.14. The number of nitro benzene ring substituents is 1. The van der Waals surface area contributed by atoms with Gasteiger partial charge in [0, 0.05) is 23.3 Å². The Morgan fingerprint density at radius 2 is 2.03 bits per heavy atom. The van der Waals surface area contributed by atoms with E-state index in [1.54, 1.807) is 18.2 Å². The summed E-state index contributed by atoms with van der Waals surface area (Å²) >= 11 is 0. The van der Waals surface area contributed by atoms with Crippen LogP contribution in [0.2, 0.25) is 0 Å². The van der Waals surface area contributed by atoms with Crippen LogP contribution in [0, 0.1) is 10.1 Å². The summed E-state index contributed by atoms with van der Waals surface area (Å²) in [4.78, 5) is 23.5. The number of aromatic nitrogens is 5. The van der Waals surface area contributed by atoms with Crippen molar-refractivity contribution in [2.45, 2.75) is 6.92 Å². The number of benzene rings is 2. The standard InChI is InChI=1S/C20H17N9O5/c1-2-33-15-6-4-3-5-13(15)11-22-24-20(30)17-16(12-7-9-14(10-8-12)29(31)32)23-27-28(17)19-18(21)25-34-26-19/h3-11H,2H2,1H3,(H2,21,25)(H,24,30)/b22-11-. The lowest BCUT2D eigenvalue weighted by Gasteiger charge is -2.07. The number of para-hydroxylation sites is 1.